The number of aromatic nitrogens is 1. The number of amides is 2. The third kappa shape index (κ3) is 4.30. The highest BCUT2D eigenvalue weighted by molar-refractivity contribution is 6.09. The largest absolute Gasteiger partial charge is 0.450 e. The van der Waals surface area contributed by atoms with Crippen LogP contribution in [0, 0.1) is 0 Å². The van der Waals surface area contributed by atoms with Gasteiger partial charge in [-0.25, -0.2) is 9.78 Å². The lowest BCUT2D eigenvalue weighted by Crippen LogP contribution is -2.15. The van der Waals surface area contributed by atoms with Crippen LogP contribution in [0.25, 0.3) is 21.8 Å². The van der Waals surface area contributed by atoms with Crippen molar-refractivity contribution in [2.45, 2.75) is 13.2 Å². The minimum Gasteiger partial charge on any atom is -0.450 e. The molecule has 0 fully saturated rings. The van der Waals surface area contributed by atoms with Crippen LogP contribution < -0.4 is 16.4 Å². The minimum atomic E-state index is -1.08. The molecule has 5 N–H and O–H groups in total. The average Bonchev–Trinajstić information content (AvgIpc) is 2.78. The molecule has 0 aliphatic heterocycles. The predicted octanol–water partition coefficient (Wildman–Crippen LogP) is 4.16. The molecule has 1 unspecified atom stereocenters. The van der Waals surface area contributed by atoms with E-state index in [2.05, 4.69) is 15.6 Å². The molecular weight excluding hydrogens is 408 g/mol. The number of benzene rings is 3. The molecule has 4 rings (SSSR count). The molecule has 3 aromatic carbocycles. The lowest BCUT2D eigenvalue weighted by molar-refractivity contribution is 0.1000. The second-order valence-corrected chi connectivity index (χ2v) is 7.12. The van der Waals surface area contributed by atoms with Crippen molar-refractivity contribution in [3.8, 4) is 0 Å². The first-order valence-corrected chi connectivity index (χ1v) is 10.1. The number of pyridine rings is 1. The van der Waals surface area contributed by atoms with E-state index in [-0.39, 0.29) is 6.61 Å². The number of rotatable bonds is 6. The van der Waals surface area contributed by atoms with E-state index >= 15 is 0 Å². The molecule has 0 radical (unpaired) electrons. The minimum absolute atomic E-state index is 0.259. The molecule has 1 atom stereocenters. The van der Waals surface area contributed by atoms with E-state index in [9.17, 15) is 14.7 Å². The molecule has 0 bridgehead atoms. The topological polar surface area (TPSA) is 127 Å². The predicted molar refractivity (Wildman–Crippen MR) is 123 cm³/mol. The van der Waals surface area contributed by atoms with Crippen molar-refractivity contribution in [2.75, 3.05) is 17.2 Å². The molecule has 8 heteroatoms. The van der Waals surface area contributed by atoms with Gasteiger partial charge >= 0.3 is 6.09 Å². The SMILES string of the molecule is CCOC(=O)Nc1cccc(C(O)Nc2c3ccccc3nc3cc(C(N)=O)ccc23)c1. The molecule has 1 aromatic heterocycles. The number of aliphatic hydroxyl groups excluding tert-OH is 1. The van der Waals surface area contributed by atoms with Gasteiger partial charge in [0.2, 0.25) is 5.91 Å². The van der Waals surface area contributed by atoms with Crippen molar-refractivity contribution in [3.63, 3.8) is 0 Å². The van der Waals surface area contributed by atoms with Gasteiger partial charge in [-0.05, 0) is 43.3 Å². The smallest absolute Gasteiger partial charge is 0.411 e. The highest BCUT2D eigenvalue weighted by Gasteiger charge is 2.15. The lowest BCUT2D eigenvalue weighted by Gasteiger charge is -2.19. The van der Waals surface area contributed by atoms with Crippen molar-refractivity contribution >= 4 is 45.2 Å². The van der Waals surface area contributed by atoms with E-state index in [0.717, 1.165) is 10.8 Å². The van der Waals surface area contributed by atoms with Crippen LogP contribution in [-0.2, 0) is 4.74 Å². The summed E-state index contributed by atoms with van der Waals surface area (Å²) in [4.78, 5) is 27.9. The number of para-hydroxylation sites is 1. The maximum Gasteiger partial charge on any atom is 0.411 e. The van der Waals surface area contributed by atoms with Crippen molar-refractivity contribution < 1.29 is 19.4 Å². The van der Waals surface area contributed by atoms with Gasteiger partial charge in [-0.3, -0.25) is 10.1 Å². The van der Waals surface area contributed by atoms with Crippen molar-refractivity contribution in [3.05, 3.63) is 77.9 Å². The van der Waals surface area contributed by atoms with Gasteiger partial charge in [-0.1, -0.05) is 30.3 Å². The maximum atomic E-state index is 11.7. The molecule has 162 valence electrons. The number of nitrogens with one attached hydrogen (secondary N) is 2. The van der Waals surface area contributed by atoms with Crippen LogP contribution in [0.2, 0.25) is 0 Å². The van der Waals surface area contributed by atoms with E-state index in [0.29, 0.717) is 33.5 Å². The second kappa shape index (κ2) is 8.91. The molecule has 0 aliphatic carbocycles. The zero-order chi connectivity index (χ0) is 22.7. The Labute approximate surface area is 184 Å². The maximum absolute atomic E-state index is 11.7. The summed E-state index contributed by atoms with van der Waals surface area (Å²) in [5, 5.41) is 18.3. The second-order valence-electron chi connectivity index (χ2n) is 7.12. The summed E-state index contributed by atoms with van der Waals surface area (Å²) in [6.07, 6.45) is -1.65. The molecular formula is C24H22N4O4. The van der Waals surface area contributed by atoms with Crippen LogP contribution in [0.5, 0.6) is 0 Å². The van der Waals surface area contributed by atoms with Crippen molar-refractivity contribution in [1.82, 2.24) is 4.98 Å². The summed E-state index contributed by atoms with van der Waals surface area (Å²) in [6, 6.07) is 19.3. The first-order chi connectivity index (χ1) is 15.5. The Kier molecular flexibility index (Phi) is 5.87. The molecule has 0 aliphatic rings. The van der Waals surface area contributed by atoms with E-state index < -0.39 is 18.2 Å². The fourth-order valence-electron chi connectivity index (χ4n) is 3.49. The number of carbonyl (C=O) groups excluding carboxylic acids is 2. The third-order valence-corrected chi connectivity index (χ3v) is 4.97. The lowest BCUT2D eigenvalue weighted by atomic mass is 10.0. The Morgan fingerprint density at radius 1 is 1.03 bits per heavy atom. The van der Waals surface area contributed by atoms with Gasteiger partial charge in [0.05, 0.1) is 23.3 Å². The summed E-state index contributed by atoms with van der Waals surface area (Å²) in [6.45, 7) is 1.98. The standard InChI is InChI=1S/C24H22N4O4/c1-2-32-24(31)26-16-7-5-6-15(12-16)23(30)28-21-17-8-3-4-9-19(17)27-20-13-14(22(25)29)10-11-18(20)21/h3-13,23,30H,2H2,1H3,(H2,25,29)(H,26,31)(H,27,28). The van der Waals surface area contributed by atoms with E-state index in [1.165, 1.54) is 0 Å². The zero-order valence-electron chi connectivity index (χ0n) is 17.3. The number of fused-ring (bicyclic) bond motifs is 2. The number of ether oxygens (including phenoxy) is 1. The van der Waals surface area contributed by atoms with Gasteiger partial charge in [-0.15, -0.1) is 0 Å². The highest BCUT2D eigenvalue weighted by atomic mass is 16.5. The normalized spacial score (nSPS) is 11.8. The van der Waals surface area contributed by atoms with Crippen LogP contribution in [0.15, 0.2) is 66.7 Å². The Balaban J connectivity index is 1.73. The van der Waals surface area contributed by atoms with Gasteiger partial charge in [0.15, 0.2) is 6.23 Å². The highest BCUT2D eigenvalue weighted by Crippen LogP contribution is 2.33. The number of hydrogen-bond acceptors (Lipinski definition) is 6. The van der Waals surface area contributed by atoms with E-state index in [1.54, 1.807) is 49.4 Å². The Morgan fingerprint density at radius 2 is 1.81 bits per heavy atom. The van der Waals surface area contributed by atoms with Gasteiger partial charge in [0.1, 0.15) is 0 Å². The summed E-state index contributed by atoms with van der Waals surface area (Å²) in [7, 11) is 0. The first-order valence-electron chi connectivity index (χ1n) is 10.1. The van der Waals surface area contributed by atoms with Gasteiger partial charge in [0.25, 0.3) is 0 Å². The van der Waals surface area contributed by atoms with E-state index in [4.69, 9.17) is 10.5 Å². The number of aliphatic hydroxyl groups is 1. The number of nitrogens with two attached hydrogens (primary N) is 1. The third-order valence-electron chi connectivity index (χ3n) is 4.97. The quantitative estimate of drug-likeness (QED) is 0.269. The van der Waals surface area contributed by atoms with Crippen LogP contribution in [0.1, 0.15) is 29.1 Å². The number of carbonyl (C=O) groups is 2. The fourth-order valence-corrected chi connectivity index (χ4v) is 3.49. The molecule has 4 aromatic rings. The van der Waals surface area contributed by atoms with E-state index in [1.807, 2.05) is 24.3 Å². The number of primary amides is 1. The van der Waals surface area contributed by atoms with Crippen molar-refractivity contribution in [1.29, 1.82) is 0 Å². The number of hydrogen-bond donors (Lipinski definition) is 4. The molecule has 0 saturated heterocycles. The van der Waals surface area contributed by atoms with Crippen LogP contribution in [-0.4, -0.2) is 28.7 Å². The molecule has 0 saturated carbocycles. The average molecular weight is 430 g/mol. The fraction of sp³-hybridized carbons (Fsp3) is 0.125. The molecule has 32 heavy (non-hydrogen) atoms. The van der Waals surface area contributed by atoms with Crippen LogP contribution in [0.3, 0.4) is 0 Å². The number of anilines is 2. The molecule has 0 spiro atoms. The summed E-state index contributed by atoms with van der Waals surface area (Å²) in [5.74, 6) is -0.540. The molecule has 8 nitrogen and oxygen atoms in total. The Hall–Kier alpha value is -4.17. The Morgan fingerprint density at radius 3 is 2.59 bits per heavy atom. The van der Waals surface area contributed by atoms with Gasteiger partial charge < -0.3 is 20.9 Å². The van der Waals surface area contributed by atoms with Crippen molar-refractivity contribution in [2.24, 2.45) is 5.73 Å². The van der Waals surface area contributed by atoms with Gasteiger partial charge in [0, 0.05) is 27.6 Å². The zero-order valence-corrected chi connectivity index (χ0v) is 17.3. The summed E-state index contributed by atoms with van der Waals surface area (Å²) < 4.78 is 4.90. The number of nitrogens with zero attached hydrogens (tertiary/aromatic N) is 1. The van der Waals surface area contributed by atoms with Crippen LogP contribution in [0.4, 0.5) is 16.2 Å². The monoisotopic (exact) mass is 430 g/mol. The summed E-state index contributed by atoms with van der Waals surface area (Å²) in [5.41, 5.74) is 8.75. The molecule has 1 heterocycles. The van der Waals surface area contributed by atoms with Gasteiger partial charge in [-0.2, -0.15) is 0 Å². The Bertz CT molecular complexity index is 1320. The molecule has 2 amide bonds. The van der Waals surface area contributed by atoms with Crippen LogP contribution >= 0.6 is 0 Å². The first kappa shape index (κ1) is 21.1. The summed E-state index contributed by atoms with van der Waals surface area (Å²) >= 11 is 0.